The van der Waals surface area contributed by atoms with Gasteiger partial charge in [-0.25, -0.2) is 0 Å². The first-order valence-corrected chi connectivity index (χ1v) is 16.2. The minimum Gasteiger partial charge on any atom is -0.489 e. The number of likely N-dealkylation sites (tertiary alicyclic amines) is 1. The van der Waals surface area contributed by atoms with Gasteiger partial charge in [0.15, 0.2) is 0 Å². The highest BCUT2D eigenvalue weighted by molar-refractivity contribution is 9.10. The van der Waals surface area contributed by atoms with Crippen LogP contribution in [0.1, 0.15) is 46.5 Å². The monoisotopic (exact) mass is 671 g/mol. The molecule has 2 aliphatic heterocycles. The van der Waals surface area contributed by atoms with Crippen molar-refractivity contribution in [3.63, 3.8) is 0 Å². The van der Waals surface area contributed by atoms with Gasteiger partial charge in [-0.15, -0.1) is 11.3 Å². The molecular formula is C33H33BrF3N3O2S. The van der Waals surface area contributed by atoms with Crippen molar-refractivity contribution in [2.45, 2.75) is 50.6 Å². The summed E-state index contributed by atoms with van der Waals surface area (Å²) in [5.74, 6) is 0.788. The van der Waals surface area contributed by atoms with E-state index in [1.807, 2.05) is 24.3 Å². The number of halogens is 4. The molecule has 0 atom stereocenters. The summed E-state index contributed by atoms with van der Waals surface area (Å²) in [7, 11) is 0. The van der Waals surface area contributed by atoms with Crippen LogP contribution in [0.4, 0.5) is 13.2 Å². The Bertz CT molecular complexity index is 1580. The van der Waals surface area contributed by atoms with Crippen molar-refractivity contribution in [2.24, 2.45) is 0 Å². The summed E-state index contributed by atoms with van der Waals surface area (Å²) in [5.41, 5.74) is 2.04. The number of alkyl halides is 3. The van der Waals surface area contributed by atoms with Crippen molar-refractivity contribution >= 4 is 43.3 Å². The molecule has 1 amide bonds. The largest absolute Gasteiger partial charge is 0.489 e. The second-order valence-corrected chi connectivity index (χ2v) is 13.2. The first-order chi connectivity index (χ1) is 20.7. The van der Waals surface area contributed by atoms with Crippen molar-refractivity contribution in [1.29, 1.82) is 0 Å². The Balaban J connectivity index is 1.04. The molecule has 0 spiro atoms. The fourth-order valence-corrected chi connectivity index (χ4v) is 7.35. The molecule has 43 heavy (non-hydrogen) atoms. The van der Waals surface area contributed by atoms with Crippen LogP contribution in [-0.4, -0.2) is 49.1 Å². The van der Waals surface area contributed by atoms with E-state index >= 15 is 0 Å². The number of carbonyl (C=O) groups excluding carboxylic acids is 1. The Labute approximate surface area is 261 Å². The van der Waals surface area contributed by atoms with Gasteiger partial charge in [0.1, 0.15) is 11.9 Å². The molecule has 0 radical (unpaired) electrons. The summed E-state index contributed by atoms with van der Waals surface area (Å²) in [6, 6.07) is 19.1. The second-order valence-electron chi connectivity index (χ2n) is 11.3. The average Bonchev–Trinajstić information content (AvgIpc) is 3.45. The molecule has 2 saturated heterocycles. The molecule has 226 valence electrons. The Morgan fingerprint density at radius 2 is 1.74 bits per heavy atom. The first-order valence-electron chi connectivity index (χ1n) is 14.6. The van der Waals surface area contributed by atoms with Crippen LogP contribution in [0, 0.1) is 0 Å². The van der Waals surface area contributed by atoms with Crippen molar-refractivity contribution < 1.29 is 22.7 Å². The summed E-state index contributed by atoms with van der Waals surface area (Å²) in [6.07, 6.45) is -0.347. The lowest BCUT2D eigenvalue weighted by Gasteiger charge is -2.32. The number of benzene rings is 3. The average molecular weight is 673 g/mol. The molecule has 10 heteroatoms. The van der Waals surface area contributed by atoms with Crippen molar-refractivity contribution in [3.05, 3.63) is 87.2 Å². The van der Waals surface area contributed by atoms with Gasteiger partial charge in [-0.05, 0) is 108 Å². The quantitative estimate of drug-likeness (QED) is 0.210. The zero-order valence-corrected chi connectivity index (χ0v) is 26.0. The van der Waals surface area contributed by atoms with Gasteiger partial charge >= 0.3 is 6.18 Å². The molecule has 5 nitrogen and oxygen atoms in total. The smallest absolute Gasteiger partial charge is 0.416 e. The summed E-state index contributed by atoms with van der Waals surface area (Å²) >= 11 is 5.10. The van der Waals surface area contributed by atoms with Crippen LogP contribution >= 0.6 is 27.3 Å². The van der Waals surface area contributed by atoms with Crippen molar-refractivity contribution in [1.82, 2.24) is 15.5 Å². The number of nitrogens with one attached hydrogen (secondary N) is 2. The number of ether oxygens (including phenoxy) is 1. The van der Waals surface area contributed by atoms with Crippen LogP contribution in [-0.2, 0) is 12.7 Å². The molecule has 2 N–H and O–H groups in total. The predicted octanol–water partition coefficient (Wildman–Crippen LogP) is 7.87. The zero-order chi connectivity index (χ0) is 30.0. The number of piperidine rings is 2. The maximum atomic E-state index is 13.2. The van der Waals surface area contributed by atoms with Crippen molar-refractivity contribution in [2.75, 3.05) is 26.2 Å². The van der Waals surface area contributed by atoms with Gasteiger partial charge in [-0.2, -0.15) is 13.2 Å². The number of thiophene rings is 1. The molecule has 3 heterocycles. The van der Waals surface area contributed by atoms with E-state index in [2.05, 4.69) is 49.7 Å². The maximum absolute atomic E-state index is 13.2. The lowest BCUT2D eigenvalue weighted by molar-refractivity contribution is -0.137. The lowest BCUT2D eigenvalue weighted by atomic mass is 10.0. The van der Waals surface area contributed by atoms with Gasteiger partial charge in [0, 0.05) is 35.8 Å². The van der Waals surface area contributed by atoms with Crippen LogP contribution < -0.4 is 15.4 Å². The van der Waals surface area contributed by atoms with Crippen LogP contribution in [0.5, 0.6) is 5.75 Å². The highest BCUT2D eigenvalue weighted by Crippen LogP contribution is 2.36. The third-order valence-corrected chi connectivity index (χ3v) is 9.93. The van der Waals surface area contributed by atoms with E-state index in [1.165, 1.54) is 29.0 Å². The van der Waals surface area contributed by atoms with Crippen LogP contribution in [0.3, 0.4) is 0 Å². The van der Waals surface area contributed by atoms with Crippen LogP contribution in [0.2, 0.25) is 0 Å². The third kappa shape index (κ3) is 7.25. The third-order valence-electron chi connectivity index (χ3n) is 8.21. The first kappa shape index (κ1) is 30.1. The van der Waals surface area contributed by atoms with Gasteiger partial charge in [-0.1, -0.05) is 30.3 Å². The summed E-state index contributed by atoms with van der Waals surface area (Å²) in [6.45, 7) is 4.61. The number of carbonyl (C=O) groups is 1. The molecule has 0 unspecified atom stereocenters. The van der Waals surface area contributed by atoms with Gasteiger partial charge in [-0.3, -0.25) is 9.69 Å². The van der Waals surface area contributed by atoms with Crippen LogP contribution in [0.15, 0.2) is 71.2 Å². The summed E-state index contributed by atoms with van der Waals surface area (Å²) in [4.78, 5) is 16.2. The number of fused-ring (bicyclic) bond motifs is 1. The summed E-state index contributed by atoms with van der Waals surface area (Å²) in [5, 5.41) is 7.44. The molecule has 3 aromatic carbocycles. The van der Waals surface area contributed by atoms with Gasteiger partial charge in [0.2, 0.25) is 0 Å². The minimum atomic E-state index is -4.38. The number of hydrogen-bond donors (Lipinski definition) is 2. The summed E-state index contributed by atoms with van der Waals surface area (Å²) < 4.78 is 47.2. The Morgan fingerprint density at radius 1 is 1.00 bits per heavy atom. The van der Waals surface area contributed by atoms with E-state index in [0.29, 0.717) is 10.4 Å². The molecule has 4 aromatic rings. The Morgan fingerprint density at radius 3 is 2.44 bits per heavy atom. The molecule has 2 fully saturated rings. The number of nitrogens with zero attached hydrogens (tertiary/aromatic N) is 1. The van der Waals surface area contributed by atoms with E-state index in [0.717, 1.165) is 96.4 Å². The minimum absolute atomic E-state index is 0.0934. The molecule has 2 aliphatic rings. The SMILES string of the molecule is O=C(NC1CCN(Cc2ccc(OC3CCNCC3)c(Br)c2)CC1)c1cc2c(-c3ccc(C(F)(F)F)cc3)cccc2s1. The standard InChI is InChI=1S/C33H33BrF3N3O2S/c34-28-18-21(4-9-29(28)42-25-10-14-38-15-11-25)20-40-16-12-24(13-17-40)39-32(41)31-19-27-26(2-1-3-30(27)43-31)22-5-7-23(8-6-22)33(35,36)37/h1-9,18-19,24-25,38H,10-17,20H2,(H,39,41). The van der Waals surface area contributed by atoms with E-state index in [1.54, 1.807) is 0 Å². The van der Waals surface area contributed by atoms with Crippen molar-refractivity contribution in [3.8, 4) is 16.9 Å². The highest BCUT2D eigenvalue weighted by atomic mass is 79.9. The second kappa shape index (κ2) is 13.0. The zero-order valence-electron chi connectivity index (χ0n) is 23.6. The van der Waals surface area contributed by atoms with E-state index in [-0.39, 0.29) is 18.1 Å². The predicted molar refractivity (Wildman–Crippen MR) is 169 cm³/mol. The van der Waals surface area contributed by atoms with Gasteiger partial charge in [0.05, 0.1) is 14.9 Å². The molecule has 6 rings (SSSR count). The number of amides is 1. The molecule has 0 saturated carbocycles. The topological polar surface area (TPSA) is 53.6 Å². The Kier molecular flexibility index (Phi) is 9.09. The maximum Gasteiger partial charge on any atom is 0.416 e. The van der Waals surface area contributed by atoms with E-state index in [9.17, 15) is 18.0 Å². The van der Waals surface area contributed by atoms with Gasteiger partial charge < -0.3 is 15.4 Å². The van der Waals surface area contributed by atoms with Crippen LogP contribution in [0.25, 0.3) is 21.2 Å². The molecule has 0 bridgehead atoms. The number of hydrogen-bond acceptors (Lipinski definition) is 5. The fraction of sp³-hybridized carbons (Fsp3) is 0.364. The Hall–Kier alpha value is -2.92. The molecule has 1 aromatic heterocycles. The normalized spacial score (nSPS) is 17.3. The highest BCUT2D eigenvalue weighted by Gasteiger charge is 2.30. The molecular weight excluding hydrogens is 639 g/mol. The lowest BCUT2D eigenvalue weighted by Crippen LogP contribution is -2.44. The molecule has 0 aliphatic carbocycles. The van der Waals surface area contributed by atoms with E-state index in [4.69, 9.17) is 4.74 Å². The number of rotatable bonds is 7. The van der Waals surface area contributed by atoms with E-state index < -0.39 is 11.7 Å². The van der Waals surface area contributed by atoms with Gasteiger partial charge in [0.25, 0.3) is 5.91 Å². The fourth-order valence-electron chi connectivity index (χ4n) is 5.84.